The molecule has 1 aromatic rings. The fourth-order valence-corrected chi connectivity index (χ4v) is 3.55. The largest absolute Gasteiger partial charge is 0.465 e. The number of sulfonamides is 1. The highest BCUT2D eigenvalue weighted by molar-refractivity contribution is 7.93. The van der Waals surface area contributed by atoms with Crippen LogP contribution in [0.25, 0.3) is 0 Å². The Morgan fingerprint density at radius 1 is 1.33 bits per heavy atom. The minimum absolute atomic E-state index is 0.123. The molecule has 2 unspecified atom stereocenters. The number of hydrogen-bond donors (Lipinski definition) is 2. The molecule has 0 aliphatic carbocycles. The first-order valence-corrected chi connectivity index (χ1v) is 8.17. The SMILES string of the molecule is CCOC(=O)C1CC(S(=O)(=O)N(C)c2ccccc2)NN1. The lowest BCUT2D eigenvalue weighted by molar-refractivity contribution is -0.145. The van der Waals surface area contributed by atoms with Crippen molar-refractivity contribution < 1.29 is 17.9 Å². The van der Waals surface area contributed by atoms with E-state index >= 15 is 0 Å². The number of carbonyl (C=O) groups excluding carboxylic acids is 1. The van der Waals surface area contributed by atoms with Crippen LogP contribution in [0.1, 0.15) is 13.3 Å². The predicted molar refractivity (Wildman–Crippen MR) is 78.9 cm³/mol. The number of para-hydroxylation sites is 1. The van der Waals surface area contributed by atoms with Crippen LogP contribution in [-0.2, 0) is 19.6 Å². The van der Waals surface area contributed by atoms with E-state index in [0.717, 1.165) is 0 Å². The summed E-state index contributed by atoms with van der Waals surface area (Å²) in [6.45, 7) is 1.97. The lowest BCUT2D eigenvalue weighted by Gasteiger charge is -2.23. The maximum atomic E-state index is 12.5. The summed E-state index contributed by atoms with van der Waals surface area (Å²) in [7, 11) is -2.13. The molecule has 1 saturated heterocycles. The van der Waals surface area contributed by atoms with Crippen molar-refractivity contribution >= 4 is 21.7 Å². The summed E-state index contributed by atoms with van der Waals surface area (Å²) in [6, 6.07) is 8.11. The third-order valence-electron chi connectivity index (χ3n) is 3.30. The van der Waals surface area contributed by atoms with Crippen molar-refractivity contribution in [3.05, 3.63) is 30.3 Å². The van der Waals surface area contributed by atoms with Crippen molar-refractivity contribution in [2.45, 2.75) is 24.8 Å². The van der Waals surface area contributed by atoms with E-state index in [-0.39, 0.29) is 13.0 Å². The first-order chi connectivity index (χ1) is 9.96. The van der Waals surface area contributed by atoms with Crippen molar-refractivity contribution in [2.75, 3.05) is 18.0 Å². The van der Waals surface area contributed by atoms with Gasteiger partial charge in [-0.2, -0.15) is 0 Å². The quantitative estimate of drug-likeness (QED) is 0.756. The smallest absolute Gasteiger partial charge is 0.324 e. The lowest BCUT2D eigenvalue weighted by Crippen LogP contribution is -2.44. The summed E-state index contributed by atoms with van der Waals surface area (Å²) in [5, 5.41) is -0.878. The minimum atomic E-state index is -3.62. The van der Waals surface area contributed by atoms with E-state index in [1.807, 2.05) is 6.07 Å². The Bertz CT molecular complexity index is 591. The predicted octanol–water partition coefficient (Wildman–Crippen LogP) is 0.208. The van der Waals surface area contributed by atoms with E-state index in [9.17, 15) is 13.2 Å². The second kappa shape index (κ2) is 6.42. The molecule has 116 valence electrons. The number of rotatable bonds is 5. The molecule has 21 heavy (non-hydrogen) atoms. The molecule has 2 rings (SSSR count). The Hall–Kier alpha value is -1.64. The minimum Gasteiger partial charge on any atom is -0.465 e. The Morgan fingerprint density at radius 2 is 2.00 bits per heavy atom. The van der Waals surface area contributed by atoms with Gasteiger partial charge in [0, 0.05) is 13.5 Å². The van der Waals surface area contributed by atoms with E-state index in [1.165, 1.54) is 11.4 Å². The number of esters is 1. The molecule has 1 fully saturated rings. The molecule has 2 atom stereocenters. The van der Waals surface area contributed by atoms with Crippen LogP contribution in [-0.4, -0.2) is 39.5 Å². The number of hydrogen-bond acceptors (Lipinski definition) is 6. The molecule has 2 N–H and O–H groups in total. The molecule has 0 bridgehead atoms. The molecule has 0 radical (unpaired) electrons. The lowest BCUT2D eigenvalue weighted by atomic mass is 10.2. The van der Waals surface area contributed by atoms with Crippen molar-refractivity contribution in [3.8, 4) is 0 Å². The molecule has 1 heterocycles. The van der Waals surface area contributed by atoms with Crippen LogP contribution < -0.4 is 15.2 Å². The van der Waals surface area contributed by atoms with Gasteiger partial charge in [0.15, 0.2) is 0 Å². The van der Waals surface area contributed by atoms with Crippen LogP contribution in [0, 0.1) is 0 Å². The van der Waals surface area contributed by atoms with Crippen LogP contribution >= 0.6 is 0 Å². The summed E-state index contributed by atoms with van der Waals surface area (Å²) in [5.41, 5.74) is 5.90. The van der Waals surface area contributed by atoms with Gasteiger partial charge in [0.2, 0.25) is 0 Å². The van der Waals surface area contributed by atoms with Crippen molar-refractivity contribution in [3.63, 3.8) is 0 Å². The number of benzene rings is 1. The molecule has 0 spiro atoms. The molecular weight excluding hydrogens is 294 g/mol. The van der Waals surface area contributed by atoms with Gasteiger partial charge in [0.25, 0.3) is 10.0 Å². The van der Waals surface area contributed by atoms with E-state index in [0.29, 0.717) is 5.69 Å². The zero-order valence-electron chi connectivity index (χ0n) is 11.9. The molecule has 1 aromatic carbocycles. The van der Waals surface area contributed by atoms with Crippen LogP contribution in [0.3, 0.4) is 0 Å². The molecule has 0 amide bonds. The van der Waals surface area contributed by atoms with E-state index in [2.05, 4.69) is 10.9 Å². The van der Waals surface area contributed by atoms with Crippen molar-refractivity contribution in [2.24, 2.45) is 0 Å². The summed E-state index contributed by atoms with van der Waals surface area (Å²) in [5.74, 6) is -0.454. The summed E-state index contributed by atoms with van der Waals surface area (Å²) in [6.07, 6.45) is 0.123. The van der Waals surface area contributed by atoms with Gasteiger partial charge in [-0.25, -0.2) is 19.3 Å². The van der Waals surface area contributed by atoms with Crippen LogP contribution in [0.15, 0.2) is 30.3 Å². The van der Waals surface area contributed by atoms with Gasteiger partial charge in [-0.15, -0.1) is 0 Å². The normalized spacial score (nSPS) is 22.0. The van der Waals surface area contributed by atoms with Gasteiger partial charge in [-0.3, -0.25) is 9.10 Å². The Labute approximate surface area is 124 Å². The summed E-state index contributed by atoms with van der Waals surface area (Å²) >= 11 is 0. The average Bonchev–Trinajstić information content (AvgIpc) is 2.98. The number of ether oxygens (including phenoxy) is 1. The maximum absolute atomic E-state index is 12.5. The Morgan fingerprint density at radius 3 is 2.62 bits per heavy atom. The summed E-state index contributed by atoms with van der Waals surface area (Å²) < 4.78 is 31.2. The van der Waals surface area contributed by atoms with Gasteiger partial charge in [0.1, 0.15) is 11.4 Å². The highest BCUT2D eigenvalue weighted by Crippen LogP contribution is 2.21. The van der Waals surface area contributed by atoms with Gasteiger partial charge in [-0.1, -0.05) is 18.2 Å². The molecular formula is C13H19N3O4S. The highest BCUT2D eigenvalue weighted by Gasteiger charge is 2.39. The van der Waals surface area contributed by atoms with E-state index < -0.39 is 27.4 Å². The Balaban J connectivity index is 2.09. The fourth-order valence-electron chi connectivity index (χ4n) is 2.10. The van der Waals surface area contributed by atoms with Crippen LogP contribution in [0.2, 0.25) is 0 Å². The van der Waals surface area contributed by atoms with Crippen LogP contribution in [0.4, 0.5) is 5.69 Å². The number of anilines is 1. The third-order valence-corrected chi connectivity index (χ3v) is 5.30. The molecule has 0 saturated carbocycles. The molecule has 0 aromatic heterocycles. The molecule has 1 aliphatic rings. The van der Waals surface area contributed by atoms with E-state index in [1.54, 1.807) is 31.2 Å². The number of carbonyl (C=O) groups is 1. The van der Waals surface area contributed by atoms with Crippen molar-refractivity contribution in [1.29, 1.82) is 0 Å². The Kier molecular flexibility index (Phi) is 4.81. The number of nitrogens with one attached hydrogen (secondary N) is 2. The average molecular weight is 313 g/mol. The van der Waals surface area contributed by atoms with Gasteiger partial charge in [0.05, 0.1) is 12.3 Å². The van der Waals surface area contributed by atoms with Gasteiger partial charge < -0.3 is 4.74 Å². The molecule has 1 aliphatic heterocycles. The second-order valence-corrected chi connectivity index (χ2v) is 6.81. The first-order valence-electron chi connectivity index (χ1n) is 6.67. The number of nitrogens with zero attached hydrogens (tertiary/aromatic N) is 1. The summed E-state index contributed by atoms with van der Waals surface area (Å²) in [4.78, 5) is 11.6. The zero-order chi connectivity index (χ0) is 15.5. The highest BCUT2D eigenvalue weighted by atomic mass is 32.2. The maximum Gasteiger partial charge on any atom is 0.324 e. The van der Waals surface area contributed by atoms with E-state index in [4.69, 9.17) is 4.74 Å². The van der Waals surface area contributed by atoms with Gasteiger partial charge >= 0.3 is 5.97 Å². The topological polar surface area (TPSA) is 87.7 Å². The first kappa shape index (κ1) is 15.7. The van der Waals surface area contributed by atoms with Gasteiger partial charge in [-0.05, 0) is 19.1 Å². The standard InChI is InChI=1S/C13H19N3O4S/c1-3-20-13(17)11-9-12(15-14-11)21(18,19)16(2)10-7-5-4-6-8-10/h4-8,11-12,14-15H,3,9H2,1-2H3. The second-order valence-electron chi connectivity index (χ2n) is 4.67. The van der Waals surface area contributed by atoms with Crippen LogP contribution in [0.5, 0.6) is 0 Å². The molecule has 8 heteroatoms. The fraction of sp³-hybridized carbons (Fsp3) is 0.462. The number of hydrazine groups is 1. The zero-order valence-corrected chi connectivity index (χ0v) is 12.8. The monoisotopic (exact) mass is 313 g/mol. The molecule has 7 nitrogen and oxygen atoms in total. The van der Waals surface area contributed by atoms with Crippen molar-refractivity contribution in [1.82, 2.24) is 10.9 Å². The third kappa shape index (κ3) is 3.34.